The molecule has 0 aliphatic carbocycles. The highest BCUT2D eigenvalue weighted by atomic mass is 35.5. The Kier molecular flexibility index (Phi) is 5.57. The maximum atomic E-state index is 12.2. The predicted octanol–water partition coefficient (Wildman–Crippen LogP) is 3.04. The maximum Gasteiger partial charge on any atom is 0.303 e. The largest absolute Gasteiger partial charge is 0.504 e. The Hall–Kier alpha value is -3.11. The molecule has 0 saturated carbocycles. The predicted molar refractivity (Wildman–Crippen MR) is 88.8 cm³/mol. The number of nitrogens with zero attached hydrogens (tertiary/aromatic N) is 2. The van der Waals surface area contributed by atoms with Crippen molar-refractivity contribution < 1.29 is 24.5 Å². The van der Waals surface area contributed by atoms with Gasteiger partial charge < -0.3 is 14.9 Å². The van der Waals surface area contributed by atoms with Crippen molar-refractivity contribution >= 4 is 23.4 Å². The SMILES string of the molecule is COc1ccc(Cl)c(-c2cc(C#N)c(O)c(C(=O)CCC(=O)O)n2)c1. The quantitative estimate of drug-likeness (QED) is 0.759. The number of nitriles is 1. The van der Waals surface area contributed by atoms with Crippen LogP contribution in [0.1, 0.15) is 28.9 Å². The minimum Gasteiger partial charge on any atom is -0.504 e. The van der Waals surface area contributed by atoms with Gasteiger partial charge in [-0.1, -0.05) is 11.6 Å². The van der Waals surface area contributed by atoms with E-state index in [0.29, 0.717) is 16.3 Å². The Bertz CT molecular complexity index is 889. The Morgan fingerprint density at radius 1 is 1.32 bits per heavy atom. The van der Waals surface area contributed by atoms with Crippen LogP contribution in [0.3, 0.4) is 0 Å². The van der Waals surface area contributed by atoms with Crippen molar-refractivity contribution in [1.29, 1.82) is 5.26 Å². The monoisotopic (exact) mass is 360 g/mol. The minimum absolute atomic E-state index is 0.164. The van der Waals surface area contributed by atoms with Crippen LogP contribution < -0.4 is 4.74 Å². The van der Waals surface area contributed by atoms with Crippen molar-refractivity contribution in [2.24, 2.45) is 0 Å². The number of carbonyl (C=O) groups excluding carboxylic acids is 1. The Morgan fingerprint density at radius 3 is 2.64 bits per heavy atom. The summed E-state index contributed by atoms with van der Waals surface area (Å²) in [5, 5.41) is 28.2. The van der Waals surface area contributed by atoms with Gasteiger partial charge in [-0.3, -0.25) is 9.59 Å². The van der Waals surface area contributed by atoms with Gasteiger partial charge in [0.15, 0.2) is 11.5 Å². The van der Waals surface area contributed by atoms with Gasteiger partial charge in [0.05, 0.1) is 29.8 Å². The molecule has 1 aromatic heterocycles. The molecule has 0 bridgehead atoms. The first-order chi connectivity index (χ1) is 11.9. The Morgan fingerprint density at radius 2 is 2.04 bits per heavy atom. The van der Waals surface area contributed by atoms with Crippen LogP contribution in [0.2, 0.25) is 5.02 Å². The summed E-state index contributed by atoms with van der Waals surface area (Å²) in [7, 11) is 1.47. The topological polar surface area (TPSA) is 121 Å². The summed E-state index contributed by atoms with van der Waals surface area (Å²) < 4.78 is 5.12. The fourth-order valence-electron chi connectivity index (χ4n) is 2.12. The van der Waals surface area contributed by atoms with Gasteiger partial charge in [-0.15, -0.1) is 0 Å². The summed E-state index contributed by atoms with van der Waals surface area (Å²) in [6.45, 7) is 0. The minimum atomic E-state index is -1.15. The first-order valence-electron chi connectivity index (χ1n) is 7.10. The molecule has 0 spiro atoms. The molecule has 0 amide bonds. The molecule has 8 heteroatoms. The number of hydrogen-bond acceptors (Lipinski definition) is 6. The molecule has 0 aliphatic heterocycles. The van der Waals surface area contributed by atoms with Crippen LogP contribution in [0.4, 0.5) is 0 Å². The van der Waals surface area contributed by atoms with Crippen molar-refractivity contribution in [2.45, 2.75) is 12.8 Å². The van der Waals surface area contributed by atoms with E-state index in [1.807, 2.05) is 0 Å². The summed E-state index contributed by atoms with van der Waals surface area (Å²) in [5.74, 6) is -1.93. The van der Waals surface area contributed by atoms with E-state index in [1.165, 1.54) is 13.2 Å². The zero-order valence-electron chi connectivity index (χ0n) is 13.1. The van der Waals surface area contributed by atoms with Gasteiger partial charge in [-0.25, -0.2) is 4.98 Å². The summed E-state index contributed by atoms with van der Waals surface area (Å²) in [6, 6.07) is 7.86. The number of carboxylic acid groups (broad SMARTS) is 1. The molecule has 7 nitrogen and oxygen atoms in total. The van der Waals surface area contributed by atoms with Crippen LogP contribution >= 0.6 is 11.6 Å². The number of ether oxygens (including phenoxy) is 1. The molecule has 0 atom stereocenters. The summed E-state index contributed by atoms with van der Waals surface area (Å²) in [6.07, 6.45) is -0.762. The number of methoxy groups -OCH3 is 1. The molecule has 1 heterocycles. The maximum absolute atomic E-state index is 12.2. The number of carbonyl (C=O) groups is 2. The van der Waals surface area contributed by atoms with Gasteiger partial charge in [-0.2, -0.15) is 5.26 Å². The molecule has 0 aliphatic rings. The first kappa shape index (κ1) is 18.2. The molecule has 0 unspecified atom stereocenters. The highest BCUT2D eigenvalue weighted by Crippen LogP contribution is 2.33. The number of rotatable bonds is 6. The summed E-state index contributed by atoms with van der Waals surface area (Å²) in [5.41, 5.74) is 0.0680. The molecule has 0 fully saturated rings. The van der Waals surface area contributed by atoms with Crippen LogP contribution in [0.25, 0.3) is 11.3 Å². The zero-order valence-corrected chi connectivity index (χ0v) is 13.9. The lowest BCUT2D eigenvalue weighted by atomic mass is 10.0. The number of aromatic nitrogens is 1. The second kappa shape index (κ2) is 7.64. The summed E-state index contributed by atoms with van der Waals surface area (Å²) in [4.78, 5) is 26.9. The van der Waals surface area contributed by atoms with Gasteiger partial charge in [0, 0.05) is 12.0 Å². The third kappa shape index (κ3) is 4.05. The number of aliphatic carboxylic acids is 1. The van der Waals surface area contributed by atoms with E-state index in [1.54, 1.807) is 24.3 Å². The van der Waals surface area contributed by atoms with Crippen molar-refractivity contribution in [3.63, 3.8) is 0 Å². The van der Waals surface area contributed by atoms with E-state index in [9.17, 15) is 20.0 Å². The smallest absolute Gasteiger partial charge is 0.303 e. The Balaban J connectivity index is 2.58. The zero-order chi connectivity index (χ0) is 18.6. The van der Waals surface area contributed by atoms with Crippen molar-refractivity contribution in [3.05, 3.63) is 40.5 Å². The lowest BCUT2D eigenvalue weighted by molar-refractivity contribution is -0.136. The number of carboxylic acids is 1. The average Bonchev–Trinajstić information content (AvgIpc) is 2.60. The van der Waals surface area contributed by atoms with Crippen LogP contribution in [-0.4, -0.2) is 34.1 Å². The first-order valence-corrected chi connectivity index (χ1v) is 7.48. The van der Waals surface area contributed by atoms with Gasteiger partial charge in [0.1, 0.15) is 17.5 Å². The molecule has 2 rings (SSSR count). The van der Waals surface area contributed by atoms with Gasteiger partial charge in [0.25, 0.3) is 0 Å². The van der Waals surface area contributed by atoms with Crippen LogP contribution in [0.15, 0.2) is 24.3 Å². The molecule has 0 saturated heterocycles. The number of ketones is 1. The average molecular weight is 361 g/mol. The molecular formula is C17H13ClN2O5. The van der Waals surface area contributed by atoms with E-state index in [-0.39, 0.29) is 23.4 Å². The van der Waals surface area contributed by atoms with Gasteiger partial charge >= 0.3 is 5.97 Å². The number of aromatic hydroxyl groups is 1. The van der Waals surface area contributed by atoms with E-state index < -0.39 is 23.9 Å². The van der Waals surface area contributed by atoms with E-state index in [0.717, 1.165) is 0 Å². The normalized spacial score (nSPS) is 10.1. The molecular weight excluding hydrogens is 348 g/mol. The van der Waals surface area contributed by atoms with E-state index in [2.05, 4.69) is 4.98 Å². The van der Waals surface area contributed by atoms with Crippen molar-refractivity contribution in [3.8, 4) is 28.8 Å². The molecule has 1 aromatic carbocycles. The number of pyridine rings is 1. The lowest BCUT2D eigenvalue weighted by Gasteiger charge is -2.10. The van der Waals surface area contributed by atoms with Gasteiger partial charge in [0.2, 0.25) is 0 Å². The van der Waals surface area contributed by atoms with Crippen LogP contribution in [0.5, 0.6) is 11.5 Å². The highest BCUT2D eigenvalue weighted by molar-refractivity contribution is 6.33. The third-order valence-corrected chi connectivity index (χ3v) is 3.72. The van der Waals surface area contributed by atoms with Crippen LogP contribution in [0, 0.1) is 11.3 Å². The molecule has 2 N–H and O–H groups in total. The van der Waals surface area contributed by atoms with Crippen molar-refractivity contribution in [2.75, 3.05) is 7.11 Å². The fraction of sp³-hybridized carbons (Fsp3) is 0.176. The lowest BCUT2D eigenvalue weighted by Crippen LogP contribution is -2.08. The van der Waals surface area contributed by atoms with E-state index in [4.69, 9.17) is 21.4 Å². The second-order valence-electron chi connectivity index (χ2n) is 5.03. The molecule has 128 valence electrons. The highest BCUT2D eigenvalue weighted by Gasteiger charge is 2.20. The van der Waals surface area contributed by atoms with Crippen LogP contribution in [-0.2, 0) is 4.79 Å². The second-order valence-corrected chi connectivity index (χ2v) is 5.43. The number of hydrogen-bond donors (Lipinski definition) is 2. The van der Waals surface area contributed by atoms with Gasteiger partial charge in [-0.05, 0) is 24.3 Å². The molecule has 0 radical (unpaired) electrons. The summed E-state index contributed by atoms with van der Waals surface area (Å²) >= 11 is 6.15. The Labute approximate surface area is 148 Å². The van der Waals surface area contributed by atoms with Crippen molar-refractivity contribution in [1.82, 2.24) is 4.98 Å². The standard InChI is InChI=1S/C17H13ClN2O5/c1-25-10-2-3-12(18)11(7-10)13-6-9(8-19)17(24)16(20-13)14(21)4-5-15(22)23/h2-3,6-7,24H,4-5H2,1H3,(H,22,23). The third-order valence-electron chi connectivity index (χ3n) is 3.39. The fourth-order valence-corrected chi connectivity index (χ4v) is 2.34. The number of Topliss-reactive ketones (excluding diaryl/α,β-unsaturated/α-hetero) is 1. The number of benzene rings is 1. The molecule has 2 aromatic rings. The molecule has 25 heavy (non-hydrogen) atoms. The van der Waals surface area contributed by atoms with E-state index >= 15 is 0 Å². The number of halogens is 1.